The number of carbonyl (C=O) groups is 3. The first kappa shape index (κ1) is 16.4. The van der Waals surface area contributed by atoms with Crippen LogP contribution < -0.4 is 0 Å². The first-order chi connectivity index (χ1) is 8.93. The molecule has 0 amide bonds. The zero-order chi connectivity index (χ0) is 14.8. The third-order valence-corrected chi connectivity index (χ3v) is 1.83. The monoisotopic (exact) mass is 266 g/mol. The minimum atomic E-state index is -1.13. The maximum Gasteiger partial charge on any atom is 0.338 e. The van der Waals surface area contributed by atoms with Gasteiger partial charge in [0.2, 0.25) is 0 Å². The Morgan fingerprint density at radius 1 is 1.21 bits per heavy atom. The zero-order valence-electron chi connectivity index (χ0n) is 10.3. The van der Waals surface area contributed by atoms with Gasteiger partial charge in [-0.15, -0.1) is 0 Å². The van der Waals surface area contributed by atoms with E-state index in [1.54, 1.807) is 19.1 Å². The number of hydrogen-bond acceptors (Lipinski definition) is 4. The molecule has 0 heterocycles. The lowest BCUT2D eigenvalue weighted by Crippen LogP contribution is -2.11. The highest BCUT2D eigenvalue weighted by molar-refractivity contribution is 6.02. The molecule has 0 aliphatic heterocycles. The standard InChI is InChI=1S/C10H10O4.C3H4O2/c1-2-14-10(13)8-6-4-3-5-7(8)9(11)12;1-2-3(4)5/h3-6H,2H2,1H3,(H,11,12);2H,1H2,(H,4,5). The molecule has 6 heteroatoms. The van der Waals surface area contributed by atoms with Crippen molar-refractivity contribution in [1.29, 1.82) is 0 Å². The first-order valence-corrected chi connectivity index (χ1v) is 5.28. The number of benzene rings is 1. The van der Waals surface area contributed by atoms with Crippen LogP contribution in [0.5, 0.6) is 0 Å². The molecule has 1 aromatic carbocycles. The van der Waals surface area contributed by atoms with E-state index in [2.05, 4.69) is 6.58 Å². The second-order valence-electron chi connectivity index (χ2n) is 3.11. The van der Waals surface area contributed by atoms with Crippen LogP contribution in [0.25, 0.3) is 0 Å². The number of aromatic carboxylic acids is 1. The van der Waals surface area contributed by atoms with Crippen LogP contribution >= 0.6 is 0 Å². The zero-order valence-corrected chi connectivity index (χ0v) is 10.3. The number of carboxylic acid groups (broad SMARTS) is 2. The van der Waals surface area contributed by atoms with Crippen molar-refractivity contribution in [3.63, 3.8) is 0 Å². The van der Waals surface area contributed by atoms with Crippen molar-refractivity contribution >= 4 is 17.9 Å². The summed E-state index contributed by atoms with van der Waals surface area (Å²) < 4.78 is 4.72. The highest BCUT2D eigenvalue weighted by Crippen LogP contribution is 2.09. The van der Waals surface area contributed by atoms with E-state index in [-0.39, 0.29) is 17.7 Å². The van der Waals surface area contributed by atoms with Gasteiger partial charge in [0.1, 0.15) is 0 Å². The highest BCUT2D eigenvalue weighted by Gasteiger charge is 2.15. The SMILES string of the molecule is C=CC(=O)O.CCOC(=O)c1ccccc1C(=O)O. The van der Waals surface area contributed by atoms with Crippen LogP contribution in [0.3, 0.4) is 0 Å². The lowest BCUT2D eigenvalue weighted by molar-refractivity contribution is -0.131. The molecule has 0 saturated carbocycles. The summed E-state index contributed by atoms with van der Waals surface area (Å²) in [6.07, 6.45) is 0.833. The summed E-state index contributed by atoms with van der Waals surface area (Å²) in [5, 5.41) is 16.4. The first-order valence-electron chi connectivity index (χ1n) is 5.28. The second kappa shape index (κ2) is 8.46. The predicted octanol–water partition coefficient (Wildman–Crippen LogP) is 1.82. The maximum atomic E-state index is 11.3. The van der Waals surface area contributed by atoms with Crippen LogP contribution in [0.2, 0.25) is 0 Å². The molecule has 0 saturated heterocycles. The van der Waals surface area contributed by atoms with E-state index < -0.39 is 17.9 Å². The van der Waals surface area contributed by atoms with Crippen molar-refractivity contribution in [2.45, 2.75) is 6.92 Å². The molecule has 2 N–H and O–H groups in total. The maximum absolute atomic E-state index is 11.3. The van der Waals surface area contributed by atoms with E-state index >= 15 is 0 Å². The van der Waals surface area contributed by atoms with Crippen molar-refractivity contribution in [2.75, 3.05) is 6.61 Å². The number of hydrogen-bond donors (Lipinski definition) is 2. The molecule has 0 aliphatic rings. The number of carbonyl (C=O) groups excluding carboxylic acids is 1. The quantitative estimate of drug-likeness (QED) is 0.636. The molecule has 0 aliphatic carbocycles. The normalized spacial score (nSPS) is 8.68. The summed E-state index contributed by atoms with van der Waals surface area (Å²) >= 11 is 0. The molecule has 0 atom stereocenters. The number of carboxylic acids is 2. The van der Waals surface area contributed by atoms with Crippen molar-refractivity contribution in [3.8, 4) is 0 Å². The van der Waals surface area contributed by atoms with Gasteiger partial charge in [-0.3, -0.25) is 0 Å². The smallest absolute Gasteiger partial charge is 0.338 e. The summed E-state index contributed by atoms with van der Waals surface area (Å²) in [4.78, 5) is 31.3. The minimum Gasteiger partial charge on any atom is -0.478 e. The molecule has 0 fully saturated rings. The predicted molar refractivity (Wildman–Crippen MR) is 67.2 cm³/mol. The third-order valence-electron chi connectivity index (χ3n) is 1.83. The Hall–Kier alpha value is -2.63. The molecule has 0 aromatic heterocycles. The Morgan fingerprint density at radius 3 is 2.05 bits per heavy atom. The molecule has 0 spiro atoms. The van der Waals surface area contributed by atoms with Gasteiger partial charge in [-0.2, -0.15) is 0 Å². The summed E-state index contributed by atoms with van der Waals surface area (Å²) in [5.74, 6) is -2.72. The van der Waals surface area contributed by atoms with Gasteiger partial charge in [-0.25, -0.2) is 14.4 Å². The molecule has 19 heavy (non-hydrogen) atoms. The highest BCUT2D eigenvalue weighted by atomic mass is 16.5. The van der Waals surface area contributed by atoms with E-state index in [4.69, 9.17) is 14.9 Å². The molecule has 1 aromatic rings. The fourth-order valence-corrected chi connectivity index (χ4v) is 1.06. The van der Waals surface area contributed by atoms with Gasteiger partial charge < -0.3 is 14.9 Å². The second-order valence-corrected chi connectivity index (χ2v) is 3.11. The Morgan fingerprint density at radius 2 is 1.68 bits per heavy atom. The van der Waals surface area contributed by atoms with Gasteiger partial charge in [0, 0.05) is 6.08 Å². The van der Waals surface area contributed by atoms with E-state index in [1.165, 1.54) is 12.1 Å². The molecule has 6 nitrogen and oxygen atoms in total. The van der Waals surface area contributed by atoms with Crippen LogP contribution in [0.4, 0.5) is 0 Å². The number of ether oxygens (including phenoxy) is 1. The van der Waals surface area contributed by atoms with Crippen LogP contribution in [0.15, 0.2) is 36.9 Å². The molecule has 0 bridgehead atoms. The van der Waals surface area contributed by atoms with Gasteiger partial charge >= 0.3 is 17.9 Å². The Balaban J connectivity index is 0.000000555. The molecular weight excluding hydrogens is 252 g/mol. The lowest BCUT2D eigenvalue weighted by atomic mass is 10.1. The van der Waals surface area contributed by atoms with Crippen LogP contribution in [-0.4, -0.2) is 34.7 Å². The van der Waals surface area contributed by atoms with Crippen molar-refractivity contribution < 1.29 is 29.3 Å². The summed E-state index contributed by atoms with van der Waals surface area (Å²) in [6.45, 7) is 4.86. The molecule has 1 rings (SSSR count). The number of rotatable bonds is 4. The minimum absolute atomic E-state index is 0.0362. The van der Waals surface area contributed by atoms with Gasteiger partial charge in [0.15, 0.2) is 0 Å². The average Bonchev–Trinajstić information content (AvgIpc) is 2.39. The van der Waals surface area contributed by atoms with E-state index in [0.29, 0.717) is 0 Å². The van der Waals surface area contributed by atoms with E-state index in [9.17, 15) is 14.4 Å². The summed E-state index contributed by atoms with van der Waals surface area (Å²) in [5.41, 5.74) is 0.0489. The van der Waals surface area contributed by atoms with Crippen LogP contribution in [-0.2, 0) is 9.53 Å². The number of aliphatic carboxylic acids is 1. The molecular formula is C13H14O6. The Kier molecular flexibility index (Phi) is 7.29. The average molecular weight is 266 g/mol. The van der Waals surface area contributed by atoms with Crippen molar-refractivity contribution in [2.24, 2.45) is 0 Å². The molecule has 102 valence electrons. The Bertz CT molecular complexity index is 478. The van der Waals surface area contributed by atoms with Gasteiger partial charge in [-0.1, -0.05) is 18.7 Å². The van der Waals surface area contributed by atoms with Crippen LogP contribution in [0, 0.1) is 0 Å². The van der Waals surface area contributed by atoms with Crippen LogP contribution in [0.1, 0.15) is 27.6 Å². The summed E-state index contributed by atoms with van der Waals surface area (Å²) in [6, 6.07) is 5.96. The molecule has 0 radical (unpaired) electrons. The fraction of sp³-hybridized carbons (Fsp3) is 0.154. The number of esters is 1. The van der Waals surface area contributed by atoms with E-state index in [1.807, 2.05) is 0 Å². The van der Waals surface area contributed by atoms with Gasteiger partial charge in [-0.05, 0) is 19.1 Å². The summed E-state index contributed by atoms with van der Waals surface area (Å²) in [7, 11) is 0. The van der Waals surface area contributed by atoms with Crippen molar-refractivity contribution in [3.05, 3.63) is 48.0 Å². The fourth-order valence-electron chi connectivity index (χ4n) is 1.06. The third kappa shape index (κ3) is 6.02. The molecule has 0 unspecified atom stereocenters. The Labute approximate surface area is 109 Å². The van der Waals surface area contributed by atoms with E-state index in [0.717, 1.165) is 6.08 Å². The lowest BCUT2D eigenvalue weighted by Gasteiger charge is -2.04. The van der Waals surface area contributed by atoms with Gasteiger partial charge in [0.25, 0.3) is 0 Å². The van der Waals surface area contributed by atoms with Crippen molar-refractivity contribution in [1.82, 2.24) is 0 Å². The van der Waals surface area contributed by atoms with Gasteiger partial charge in [0.05, 0.1) is 17.7 Å². The topological polar surface area (TPSA) is 101 Å². The largest absolute Gasteiger partial charge is 0.478 e.